The number of thiazole rings is 1. The molecule has 1 aromatic heterocycles. The van der Waals surface area contributed by atoms with Gasteiger partial charge in [-0.3, -0.25) is 4.79 Å². The fraction of sp³-hybridized carbons (Fsp3) is 0.286. The van der Waals surface area contributed by atoms with Crippen LogP contribution in [0.2, 0.25) is 0 Å². The Hall–Kier alpha value is -1.87. The second-order valence-electron chi connectivity index (χ2n) is 5.02. The second kappa shape index (κ2) is 6.71. The molecule has 0 aliphatic rings. The van der Waals surface area contributed by atoms with Crippen LogP contribution in [0.4, 0.5) is 13.9 Å². The molecule has 2 aromatic rings. The molecule has 0 aliphatic carbocycles. The molecule has 124 valence electrons. The number of nitrogens with zero attached hydrogens (tertiary/aromatic N) is 1. The van der Waals surface area contributed by atoms with Gasteiger partial charge in [-0.05, 0) is 24.6 Å². The van der Waals surface area contributed by atoms with Crippen LogP contribution in [0.1, 0.15) is 17.4 Å². The third kappa shape index (κ3) is 4.55. The summed E-state index contributed by atoms with van der Waals surface area (Å²) in [5, 5.41) is 1.50. The maximum atomic E-state index is 13.2. The van der Waals surface area contributed by atoms with E-state index in [-0.39, 0.29) is 5.13 Å². The summed E-state index contributed by atoms with van der Waals surface area (Å²) in [6.45, 7) is 1.29. The SMILES string of the molecule is CC(C(=O)Nc1ncc(Cc2ccc(F)c(F)c2)s1)S(C)(=O)=O. The number of carbonyl (C=O) groups is 1. The highest BCUT2D eigenvalue weighted by Crippen LogP contribution is 2.22. The maximum Gasteiger partial charge on any atom is 0.244 e. The summed E-state index contributed by atoms with van der Waals surface area (Å²) in [4.78, 5) is 16.5. The largest absolute Gasteiger partial charge is 0.301 e. The number of halogens is 2. The average Bonchev–Trinajstić information content (AvgIpc) is 2.88. The van der Waals surface area contributed by atoms with Crippen molar-refractivity contribution >= 4 is 32.2 Å². The Morgan fingerprint density at radius 2 is 2.04 bits per heavy atom. The Kier molecular flexibility index (Phi) is 5.10. The minimum absolute atomic E-state index is 0.253. The van der Waals surface area contributed by atoms with E-state index < -0.39 is 32.6 Å². The van der Waals surface area contributed by atoms with Gasteiger partial charge in [0.1, 0.15) is 5.25 Å². The number of nitrogens with one attached hydrogen (secondary N) is 1. The Morgan fingerprint density at radius 1 is 1.35 bits per heavy atom. The Labute approximate surface area is 136 Å². The van der Waals surface area contributed by atoms with Crippen molar-refractivity contribution in [1.29, 1.82) is 0 Å². The van der Waals surface area contributed by atoms with Crippen LogP contribution in [-0.2, 0) is 21.1 Å². The quantitative estimate of drug-likeness (QED) is 0.888. The minimum Gasteiger partial charge on any atom is -0.301 e. The number of carbonyl (C=O) groups excluding carboxylic acids is 1. The lowest BCUT2D eigenvalue weighted by Gasteiger charge is -2.07. The van der Waals surface area contributed by atoms with E-state index in [1.54, 1.807) is 0 Å². The summed E-state index contributed by atoms with van der Waals surface area (Å²) in [6, 6.07) is 3.60. The van der Waals surface area contributed by atoms with Gasteiger partial charge in [0, 0.05) is 23.8 Å². The number of hydrogen-bond donors (Lipinski definition) is 1. The normalized spacial score (nSPS) is 12.9. The molecule has 5 nitrogen and oxygen atoms in total. The summed E-state index contributed by atoms with van der Waals surface area (Å²) in [6.07, 6.45) is 2.80. The minimum atomic E-state index is -3.49. The molecule has 1 N–H and O–H groups in total. The summed E-state index contributed by atoms with van der Waals surface area (Å²) in [5.41, 5.74) is 0.565. The molecule has 1 aromatic carbocycles. The molecule has 1 amide bonds. The van der Waals surface area contributed by atoms with Crippen LogP contribution in [0.25, 0.3) is 0 Å². The van der Waals surface area contributed by atoms with Crippen molar-refractivity contribution in [2.75, 3.05) is 11.6 Å². The standard InChI is InChI=1S/C14H14F2N2O3S2/c1-8(23(2,20)21)13(19)18-14-17-7-10(22-14)5-9-3-4-11(15)12(16)6-9/h3-4,6-8H,5H2,1-2H3,(H,17,18,19). The fourth-order valence-corrected chi connectivity index (χ4v) is 3.00. The van der Waals surface area contributed by atoms with Crippen molar-refractivity contribution in [2.24, 2.45) is 0 Å². The van der Waals surface area contributed by atoms with Gasteiger partial charge in [-0.15, -0.1) is 11.3 Å². The fourth-order valence-electron chi connectivity index (χ4n) is 1.70. The molecule has 9 heteroatoms. The maximum absolute atomic E-state index is 13.2. The molecule has 0 fully saturated rings. The first-order valence-corrected chi connectivity index (χ1v) is 9.32. The molecule has 1 unspecified atom stereocenters. The van der Waals surface area contributed by atoms with Gasteiger partial charge in [0.25, 0.3) is 0 Å². The van der Waals surface area contributed by atoms with Gasteiger partial charge in [-0.1, -0.05) is 6.07 Å². The van der Waals surface area contributed by atoms with Gasteiger partial charge in [0.05, 0.1) is 0 Å². The zero-order valence-electron chi connectivity index (χ0n) is 12.3. The van der Waals surface area contributed by atoms with Crippen molar-refractivity contribution in [2.45, 2.75) is 18.6 Å². The van der Waals surface area contributed by atoms with E-state index >= 15 is 0 Å². The lowest BCUT2D eigenvalue weighted by molar-refractivity contribution is -0.115. The summed E-state index contributed by atoms with van der Waals surface area (Å²) < 4.78 is 48.7. The van der Waals surface area contributed by atoms with Crippen LogP contribution >= 0.6 is 11.3 Å². The predicted molar refractivity (Wildman–Crippen MR) is 84.2 cm³/mol. The molecule has 1 heterocycles. The van der Waals surface area contributed by atoms with Crippen molar-refractivity contribution < 1.29 is 22.0 Å². The Morgan fingerprint density at radius 3 is 2.65 bits per heavy atom. The smallest absolute Gasteiger partial charge is 0.244 e. The topological polar surface area (TPSA) is 76.1 Å². The van der Waals surface area contributed by atoms with E-state index in [0.717, 1.165) is 34.6 Å². The number of benzene rings is 1. The number of hydrogen-bond acceptors (Lipinski definition) is 5. The van der Waals surface area contributed by atoms with Crippen LogP contribution in [-0.4, -0.2) is 30.8 Å². The number of amides is 1. The van der Waals surface area contributed by atoms with Gasteiger partial charge in [-0.25, -0.2) is 22.2 Å². The molecular formula is C14H14F2N2O3S2. The lowest BCUT2D eigenvalue weighted by Crippen LogP contribution is -2.31. The third-order valence-electron chi connectivity index (χ3n) is 3.16. The number of aromatic nitrogens is 1. The Bertz CT molecular complexity index is 834. The highest BCUT2D eigenvalue weighted by molar-refractivity contribution is 7.92. The van der Waals surface area contributed by atoms with E-state index in [1.807, 2.05) is 0 Å². The van der Waals surface area contributed by atoms with Crippen LogP contribution in [0, 0.1) is 11.6 Å². The lowest BCUT2D eigenvalue weighted by atomic mass is 10.1. The monoisotopic (exact) mass is 360 g/mol. The first kappa shape index (κ1) is 17.5. The average molecular weight is 360 g/mol. The van der Waals surface area contributed by atoms with Gasteiger partial charge < -0.3 is 5.32 Å². The number of rotatable bonds is 5. The van der Waals surface area contributed by atoms with Crippen LogP contribution in [0.15, 0.2) is 24.4 Å². The molecule has 1 atom stereocenters. The first-order valence-electron chi connectivity index (χ1n) is 6.55. The first-order chi connectivity index (χ1) is 10.7. The highest BCUT2D eigenvalue weighted by atomic mass is 32.2. The molecule has 0 aliphatic heterocycles. The Balaban J connectivity index is 2.06. The highest BCUT2D eigenvalue weighted by Gasteiger charge is 2.24. The van der Waals surface area contributed by atoms with E-state index in [4.69, 9.17) is 0 Å². The van der Waals surface area contributed by atoms with Crippen LogP contribution in [0.5, 0.6) is 0 Å². The summed E-state index contributed by atoms with van der Waals surface area (Å²) >= 11 is 1.14. The van der Waals surface area contributed by atoms with Gasteiger partial charge in [0.15, 0.2) is 26.6 Å². The molecule has 0 saturated carbocycles. The van der Waals surface area contributed by atoms with Gasteiger partial charge in [0.2, 0.25) is 5.91 Å². The molecule has 23 heavy (non-hydrogen) atoms. The predicted octanol–water partition coefficient (Wildman–Crippen LogP) is 2.38. The molecule has 0 saturated heterocycles. The summed E-state index contributed by atoms with van der Waals surface area (Å²) in [7, 11) is -3.49. The third-order valence-corrected chi connectivity index (χ3v) is 5.57. The number of anilines is 1. The molecule has 0 spiro atoms. The van der Waals surface area contributed by atoms with E-state index in [9.17, 15) is 22.0 Å². The van der Waals surface area contributed by atoms with Crippen molar-refractivity contribution in [1.82, 2.24) is 4.98 Å². The van der Waals surface area contributed by atoms with Gasteiger partial charge >= 0.3 is 0 Å². The zero-order valence-corrected chi connectivity index (χ0v) is 14.0. The van der Waals surface area contributed by atoms with E-state index in [1.165, 1.54) is 19.2 Å². The van der Waals surface area contributed by atoms with E-state index in [0.29, 0.717) is 12.0 Å². The van der Waals surface area contributed by atoms with Crippen LogP contribution < -0.4 is 5.32 Å². The number of sulfone groups is 1. The van der Waals surface area contributed by atoms with Crippen molar-refractivity contribution in [3.63, 3.8) is 0 Å². The second-order valence-corrected chi connectivity index (χ2v) is 8.50. The van der Waals surface area contributed by atoms with Crippen LogP contribution in [0.3, 0.4) is 0 Å². The van der Waals surface area contributed by atoms with E-state index in [2.05, 4.69) is 10.3 Å². The van der Waals surface area contributed by atoms with Crippen molar-refractivity contribution in [3.8, 4) is 0 Å². The zero-order chi connectivity index (χ0) is 17.2. The molecule has 0 radical (unpaired) electrons. The molecule has 0 bridgehead atoms. The summed E-state index contributed by atoms with van der Waals surface area (Å²) in [5.74, 6) is -2.51. The molecule has 2 rings (SSSR count). The van der Waals surface area contributed by atoms with Gasteiger partial charge in [-0.2, -0.15) is 0 Å². The van der Waals surface area contributed by atoms with Crippen molar-refractivity contribution in [3.05, 3.63) is 46.5 Å². The molecular weight excluding hydrogens is 346 g/mol.